The van der Waals surface area contributed by atoms with Crippen LogP contribution in [0.5, 0.6) is 0 Å². The van der Waals surface area contributed by atoms with Crippen LogP contribution in [0, 0.1) is 5.92 Å². The summed E-state index contributed by atoms with van der Waals surface area (Å²) >= 11 is 0. The third-order valence-electron chi connectivity index (χ3n) is 4.42. The number of carbonyl (C=O) groups is 1. The summed E-state index contributed by atoms with van der Waals surface area (Å²) in [7, 11) is 1.59. The van der Waals surface area contributed by atoms with Crippen molar-refractivity contribution in [1.29, 1.82) is 0 Å². The largest absolute Gasteiger partial charge is 0.401 e. The number of H-pyrrole nitrogens is 1. The van der Waals surface area contributed by atoms with E-state index in [4.69, 9.17) is 4.74 Å². The minimum atomic E-state index is -4.22. The highest BCUT2D eigenvalue weighted by molar-refractivity contribution is 5.81. The van der Waals surface area contributed by atoms with E-state index in [1.54, 1.807) is 24.4 Å². The van der Waals surface area contributed by atoms with Gasteiger partial charge in [0.25, 0.3) is 0 Å². The van der Waals surface area contributed by atoms with Gasteiger partial charge >= 0.3 is 6.18 Å². The van der Waals surface area contributed by atoms with Crippen LogP contribution in [0.3, 0.4) is 0 Å². The molecule has 0 spiro atoms. The van der Waals surface area contributed by atoms with Crippen LogP contribution in [0.2, 0.25) is 0 Å². The van der Waals surface area contributed by atoms with E-state index in [1.165, 1.54) is 4.90 Å². The monoisotopic (exact) mass is 332 g/mol. The van der Waals surface area contributed by atoms with Crippen LogP contribution in [-0.4, -0.2) is 71.2 Å². The van der Waals surface area contributed by atoms with Crippen molar-refractivity contribution < 1.29 is 22.7 Å². The number of alkyl halides is 3. The molecule has 1 unspecified atom stereocenters. The number of halogens is 3. The Bertz CT molecular complexity index is 543. The standard InChI is InChI=1S/C14H19F3N4O2/c1-23-10-4-11(12-18-2-3-19-12)21(7-10)13(22)9-5-20(6-9)8-14(15,16)17/h2-3,9-11H,4-8H2,1H3,(H,18,19)/t10-,11?/m1/s1. The highest BCUT2D eigenvalue weighted by Gasteiger charge is 2.45. The predicted molar refractivity (Wildman–Crippen MR) is 74.4 cm³/mol. The fourth-order valence-electron chi connectivity index (χ4n) is 3.27. The fraction of sp³-hybridized carbons (Fsp3) is 0.714. The van der Waals surface area contributed by atoms with Crippen molar-refractivity contribution in [1.82, 2.24) is 19.8 Å². The van der Waals surface area contributed by atoms with Crippen molar-refractivity contribution in [2.24, 2.45) is 5.92 Å². The molecule has 6 nitrogen and oxygen atoms in total. The zero-order valence-corrected chi connectivity index (χ0v) is 12.7. The van der Waals surface area contributed by atoms with Gasteiger partial charge in [-0.1, -0.05) is 0 Å². The van der Waals surface area contributed by atoms with Gasteiger partial charge < -0.3 is 14.6 Å². The maximum absolute atomic E-state index is 12.6. The SMILES string of the molecule is CO[C@@H]1CC(c2ncc[nH]2)N(C(=O)C2CN(CC(F)(F)F)C2)C1. The zero-order chi connectivity index (χ0) is 16.6. The van der Waals surface area contributed by atoms with Gasteiger partial charge in [0.15, 0.2) is 0 Å². The van der Waals surface area contributed by atoms with Gasteiger partial charge in [-0.05, 0) is 0 Å². The van der Waals surface area contributed by atoms with Gasteiger partial charge in [-0.3, -0.25) is 9.69 Å². The molecule has 2 atom stereocenters. The Labute approximate surface area is 131 Å². The Morgan fingerprint density at radius 3 is 2.74 bits per heavy atom. The first-order valence-electron chi connectivity index (χ1n) is 7.49. The quantitative estimate of drug-likeness (QED) is 0.900. The number of rotatable bonds is 4. The highest BCUT2D eigenvalue weighted by atomic mass is 19.4. The second-order valence-electron chi connectivity index (χ2n) is 6.08. The molecule has 1 aromatic rings. The molecule has 2 fully saturated rings. The number of ether oxygens (including phenoxy) is 1. The van der Waals surface area contributed by atoms with Crippen molar-refractivity contribution in [3.63, 3.8) is 0 Å². The maximum Gasteiger partial charge on any atom is 0.401 e. The molecule has 0 saturated carbocycles. The van der Waals surface area contributed by atoms with E-state index in [-0.39, 0.29) is 37.1 Å². The summed E-state index contributed by atoms with van der Waals surface area (Å²) in [5.74, 6) is 0.180. The van der Waals surface area contributed by atoms with Gasteiger partial charge in [0, 0.05) is 45.6 Å². The van der Waals surface area contributed by atoms with Gasteiger partial charge in [0.2, 0.25) is 5.91 Å². The first-order valence-corrected chi connectivity index (χ1v) is 7.49. The summed E-state index contributed by atoms with van der Waals surface area (Å²) in [6.45, 7) is -0.218. The lowest BCUT2D eigenvalue weighted by atomic mass is 9.98. The fourth-order valence-corrected chi connectivity index (χ4v) is 3.27. The molecule has 0 aromatic carbocycles. The number of methoxy groups -OCH3 is 1. The van der Waals surface area contributed by atoms with Crippen LogP contribution >= 0.6 is 0 Å². The van der Waals surface area contributed by atoms with Crippen LogP contribution in [0.4, 0.5) is 13.2 Å². The molecule has 0 bridgehead atoms. The summed E-state index contributed by atoms with van der Waals surface area (Å²) in [5, 5.41) is 0. The number of amides is 1. The second-order valence-corrected chi connectivity index (χ2v) is 6.08. The molecule has 3 rings (SSSR count). The lowest BCUT2D eigenvalue weighted by Gasteiger charge is -2.41. The molecule has 0 radical (unpaired) electrons. The van der Waals surface area contributed by atoms with E-state index in [2.05, 4.69) is 9.97 Å². The number of nitrogens with zero attached hydrogens (tertiary/aromatic N) is 3. The lowest BCUT2D eigenvalue weighted by Crippen LogP contribution is -2.56. The molecule has 1 aromatic heterocycles. The zero-order valence-electron chi connectivity index (χ0n) is 12.7. The van der Waals surface area contributed by atoms with Crippen molar-refractivity contribution >= 4 is 5.91 Å². The van der Waals surface area contributed by atoms with E-state index in [0.717, 1.165) is 0 Å². The predicted octanol–water partition coefficient (Wildman–Crippen LogP) is 1.19. The molecule has 2 aliphatic rings. The molecule has 128 valence electrons. The minimum absolute atomic E-state index is 0.0830. The van der Waals surface area contributed by atoms with E-state index in [9.17, 15) is 18.0 Å². The molecule has 1 amide bonds. The van der Waals surface area contributed by atoms with Crippen LogP contribution in [0.25, 0.3) is 0 Å². The number of aromatic nitrogens is 2. The molecular formula is C14H19F3N4O2. The van der Waals surface area contributed by atoms with E-state index in [1.807, 2.05) is 0 Å². The minimum Gasteiger partial charge on any atom is -0.380 e. The Balaban J connectivity index is 1.62. The van der Waals surface area contributed by atoms with Gasteiger partial charge in [-0.15, -0.1) is 0 Å². The number of nitrogens with one attached hydrogen (secondary N) is 1. The van der Waals surface area contributed by atoms with Gasteiger partial charge in [-0.2, -0.15) is 13.2 Å². The summed E-state index contributed by atoms with van der Waals surface area (Å²) in [4.78, 5) is 22.8. The van der Waals surface area contributed by atoms with Crippen molar-refractivity contribution in [3.8, 4) is 0 Å². The summed E-state index contributed by atoms with van der Waals surface area (Å²) in [6.07, 6.45) is -0.367. The van der Waals surface area contributed by atoms with E-state index in [0.29, 0.717) is 18.8 Å². The Hall–Kier alpha value is -1.61. The van der Waals surface area contributed by atoms with E-state index < -0.39 is 12.7 Å². The first-order chi connectivity index (χ1) is 10.9. The van der Waals surface area contributed by atoms with Crippen LogP contribution < -0.4 is 0 Å². The van der Waals surface area contributed by atoms with Crippen LogP contribution in [0.1, 0.15) is 18.3 Å². The molecule has 23 heavy (non-hydrogen) atoms. The molecule has 0 aliphatic carbocycles. The van der Waals surface area contributed by atoms with Gasteiger partial charge in [0.05, 0.1) is 24.6 Å². The highest BCUT2D eigenvalue weighted by Crippen LogP contribution is 2.34. The third kappa shape index (κ3) is 3.50. The number of aromatic amines is 1. The summed E-state index contributed by atoms with van der Waals surface area (Å²) in [6, 6.07) is -0.209. The summed E-state index contributed by atoms with van der Waals surface area (Å²) < 4.78 is 42.3. The van der Waals surface area contributed by atoms with Gasteiger partial charge in [-0.25, -0.2) is 4.98 Å². The third-order valence-corrected chi connectivity index (χ3v) is 4.42. The molecule has 1 N–H and O–H groups in total. The Morgan fingerprint density at radius 2 is 2.17 bits per heavy atom. The number of likely N-dealkylation sites (tertiary alicyclic amines) is 2. The van der Waals surface area contributed by atoms with Crippen LogP contribution in [-0.2, 0) is 9.53 Å². The molecular weight excluding hydrogens is 313 g/mol. The molecule has 9 heteroatoms. The molecule has 2 aliphatic heterocycles. The Kier molecular flexibility index (Phi) is 4.33. The molecule has 2 saturated heterocycles. The second kappa shape index (κ2) is 6.12. The number of carbonyl (C=O) groups excluding carboxylic acids is 1. The number of hydrogen-bond donors (Lipinski definition) is 1. The Morgan fingerprint density at radius 1 is 1.43 bits per heavy atom. The van der Waals surface area contributed by atoms with Crippen molar-refractivity contribution in [2.75, 3.05) is 33.3 Å². The van der Waals surface area contributed by atoms with E-state index >= 15 is 0 Å². The number of hydrogen-bond acceptors (Lipinski definition) is 4. The lowest BCUT2D eigenvalue weighted by molar-refractivity contribution is -0.167. The van der Waals surface area contributed by atoms with Crippen LogP contribution in [0.15, 0.2) is 12.4 Å². The smallest absolute Gasteiger partial charge is 0.380 e. The maximum atomic E-state index is 12.6. The van der Waals surface area contributed by atoms with Crippen molar-refractivity contribution in [2.45, 2.75) is 24.7 Å². The average molecular weight is 332 g/mol. The first kappa shape index (κ1) is 16.3. The van der Waals surface area contributed by atoms with Gasteiger partial charge in [0.1, 0.15) is 5.82 Å². The normalized spacial score (nSPS) is 26.5. The van der Waals surface area contributed by atoms with Crippen molar-refractivity contribution in [3.05, 3.63) is 18.2 Å². The topological polar surface area (TPSA) is 61.5 Å². The molecule has 3 heterocycles. The summed E-state index contributed by atoms with van der Waals surface area (Å²) in [5.41, 5.74) is 0. The number of imidazole rings is 1. The average Bonchev–Trinajstić information content (AvgIpc) is 3.08.